The molecule has 1 amide bonds. The molecule has 6 nitrogen and oxygen atoms in total. The molecule has 0 fully saturated rings. The van der Waals surface area contributed by atoms with Crippen molar-refractivity contribution < 1.29 is 23.8 Å². The summed E-state index contributed by atoms with van der Waals surface area (Å²) in [5, 5.41) is 3.31. The number of benzene rings is 1. The molecule has 0 spiro atoms. The summed E-state index contributed by atoms with van der Waals surface area (Å²) in [6, 6.07) is 7.26. The van der Waals surface area contributed by atoms with Crippen molar-refractivity contribution in [3.05, 3.63) is 40.3 Å². The number of nitrogens with one attached hydrogen (secondary N) is 1. The van der Waals surface area contributed by atoms with Crippen LogP contribution in [0, 0.1) is 6.92 Å². The fraction of sp³-hybridized carbons (Fsp3) is 0.333. The number of methoxy groups -OCH3 is 3. The molecule has 0 radical (unpaired) electrons. The van der Waals surface area contributed by atoms with E-state index in [-0.39, 0.29) is 12.3 Å². The van der Waals surface area contributed by atoms with Crippen molar-refractivity contribution in [2.24, 2.45) is 0 Å². The molecular weight excluding hydrogens is 342 g/mol. The van der Waals surface area contributed by atoms with E-state index in [0.29, 0.717) is 28.5 Å². The number of hydrogen-bond donors (Lipinski definition) is 1. The number of hydrogen-bond acceptors (Lipinski definition) is 6. The zero-order valence-electron chi connectivity index (χ0n) is 14.7. The van der Waals surface area contributed by atoms with E-state index in [1.807, 2.05) is 25.1 Å². The number of aryl methyl sites for hydroxylation is 2. The lowest BCUT2D eigenvalue weighted by Gasteiger charge is -2.10. The Bertz CT molecular complexity index is 769. The third-order valence-corrected chi connectivity index (χ3v) is 4.57. The molecule has 0 aliphatic rings. The summed E-state index contributed by atoms with van der Waals surface area (Å²) in [5.41, 5.74) is 1.34. The largest absolute Gasteiger partial charge is 0.493 e. The van der Waals surface area contributed by atoms with E-state index >= 15 is 0 Å². The third-order valence-electron chi connectivity index (χ3n) is 3.60. The van der Waals surface area contributed by atoms with Crippen LogP contribution in [0.3, 0.4) is 0 Å². The van der Waals surface area contributed by atoms with Gasteiger partial charge in [-0.05, 0) is 37.1 Å². The minimum Gasteiger partial charge on any atom is -0.493 e. The molecule has 0 saturated heterocycles. The van der Waals surface area contributed by atoms with Gasteiger partial charge in [-0.3, -0.25) is 4.79 Å². The van der Waals surface area contributed by atoms with Crippen molar-refractivity contribution >= 4 is 28.2 Å². The van der Waals surface area contributed by atoms with E-state index in [9.17, 15) is 9.59 Å². The molecule has 0 aliphatic carbocycles. The summed E-state index contributed by atoms with van der Waals surface area (Å²) < 4.78 is 15.2. The molecule has 0 saturated carbocycles. The van der Waals surface area contributed by atoms with Gasteiger partial charge in [0.2, 0.25) is 5.91 Å². The number of anilines is 1. The maximum atomic E-state index is 12.2. The Labute approximate surface area is 150 Å². The molecule has 2 aromatic rings. The molecular formula is C18H21NO5S. The molecule has 7 heteroatoms. The van der Waals surface area contributed by atoms with Gasteiger partial charge in [0.25, 0.3) is 0 Å². The van der Waals surface area contributed by atoms with Gasteiger partial charge in [0.1, 0.15) is 5.00 Å². The fourth-order valence-electron chi connectivity index (χ4n) is 2.35. The predicted octanol–water partition coefficient (Wildman–Crippen LogP) is 3.43. The van der Waals surface area contributed by atoms with E-state index in [1.54, 1.807) is 20.3 Å². The number of carbonyl (C=O) groups is 2. The second kappa shape index (κ2) is 8.53. The number of carbonyl (C=O) groups excluding carboxylic acids is 2. The molecule has 1 aromatic carbocycles. The first-order chi connectivity index (χ1) is 12.0. The predicted molar refractivity (Wildman–Crippen MR) is 96.9 cm³/mol. The minimum absolute atomic E-state index is 0.165. The van der Waals surface area contributed by atoms with Crippen LogP contribution in [0.5, 0.6) is 11.5 Å². The van der Waals surface area contributed by atoms with Crippen LogP contribution < -0.4 is 14.8 Å². The van der Waals surface area contributed by atoms with Gasteiger partial charge in [0.05, 0.1) is 26.9 Å². The lowest BCUT2D eigenvalue weighted by molar-refractivity contribution is -0.116. The highest BCUT2D eigenvalue weighted by molar-refractivity contribution is 7.16. The number of rotatable bonds is 7. The van der Waals surface area contributed by atoms with Crippen molar-refractivity contribution in [1.82, 2.24) is 0 Å². The monoisotopic (exact) mass is 363 g/mol. The minimum atomic E-state index is -0.459. The third kappa shape index (κ3) is 4.73. The zero-order valence-corrected chi connectivity index (χ0v) is 15.5. The normalized spacial score (nSPS) is 10.2. The average molecular weight is 363 g/mol. The van der Waals surface area contributed by atoms with Gasteiger partial charge in [-0.15, -0.1) is 11.3 Å². The van der Waals surface area contributed by atoms with Gasteiger partial charge < -0.3 is 19.5 Å². The lowest BCUT2D eigenvalue weighted by atomic mass is 10.1. The Morgan fingerprint density at radius 1 is 1.08 bits per heavy atom. The Morgan fingerprint density at radius 2 is 1.80 bits per heavy atom. The second-order valence-electron chi connectivity index (χ2n) is 5.33. The highest BCUT2D eigenvalue weighted by atomic mass is 32.1. The van der Waals surface area contributed by atoms with E-state index < -0.39 is 5.97 Å². The summed E-state index contributed by atoms with van der Waals surface area (Å²) in [4.78, 5) is 24.9. The smallest absolute Gasteiger partial charge is 0.340 e. The quantitative estimate of drug-likeness (QED) is 0.763. The first-order valence-electron chi connectivity index (χ1n) is 7.68. The standard InChI is InChI=1S/C18H21NO5S/c1-11-9-13(18(21)24-4)17(25-11)19-16(20)8-6-12-5-7-14(22-2)15(10-12)23-3/h5,7,9-10H,6,8H2,1-4H3,(H,19,20). The Hall–Kier alpha value is -2.54. The zero-order chi connectivity index (χ0) is 18.4. The van der Waals surface area contributed by atoms with Crippen LogP contribution >= 0.6 is 11.3 Å². The fourth-order valence-corrected chi connectivity index (χ4v) is 3.27. The van der Waals surface area contributed by atoms with Gasteiger partial charge in [-0.25, -0.2) is 4.79 Å². The molecule has 134 valence electrons. The first-order valence-corrected chi connectivity index (χ1v) is 8.49. The molecule has 0 atom stereocenters. The van der Waals surface area contributed by atoms with Crippen LogP contribution in [-0.2, 0) is 16.0 Å². The molecule has 0 unspecified atom stereocenters. The van der Waals surface area contributed by atoms with Crippen molar-refractivity contribution in [1.29, 1.82) is 0 Å². The molecule has 1 N–H and O–H groups in total. The Balaban J connectivity index is 2.01. The molecule has 0 aliphatic heterocycles. The molecule has 0 bridgehead atoms. The van der Waals surface area contributed by atoms with Gasteiger partial charge in [0, 0.05) is 11.3 Å². The van der Waals surface area contributed by atoms with Gasteiger partial charge >= 0.3 is 5.97 Å². The van der Waals surface area contributed by atoms with Crippen LogP contribution in [0.2, 0.25) is 0 Å². The molecule has 2 rings (SSSR count). The highest BCUT2D eigenvalue weighted by Gasteiger charge is 2.17. The molecule has 25 heavy (non-hydrogen) atoms. The van der Waals surface area contributed by atoms with Crippen molar-refractivity contribution in [3.8, 4) is 11.5 Å². The van der Waals surface area contributed by atoms with Crippen LogP contribution in [-0.4, -0.2) is 33.2 Å². The Morgan fingerprint density at radius 3 is 2.44 bits per heavy atom. The highest BCUT2D eigenvalue weighted by Crippen LogP contribution is 2.29. The van der Waals surface area contributed by atoms with E-state index in [2.05, 4.69) is 5.32 Å². The van der Waals surface area contributed by atoms with Crippen LogP contribution in [0.1, 0.15) is 27.2 Å². The van der Waals surface area contributed by atoms with Gasteiger partial charge in [-0.1, -0.05) is 6.07 Å². The summed E-state index contributed by atoms with van der Waals surface area (Å²) in [7, 11) is 4.46. The second-order valence-corrected chi connectivity index (χ2v) is 6.59. The summed E-state index contributed by atoms with van der Waals surface area (Å²) in [6.07, 6.45) is 0.831. The molecule has 1 aromatic heterocycles. The average Bonchev–Trinajstić information content (AvgIpc) is 2.99. The van der Waals surface area contributed by atoms with Crippen LogP contribution in [0.25, 0.3) is 0 Å². The maximum Gasteiger partial charge on any atom is 0.340 e. The summed E-state index contributed by atoms with van der Waals surface area (Å²) in [6.45, 7) is 1.87. The maximum absolute atomic E-state index is 12.2. The van der Waals surface area contributed by atoms with E-state index in [4.69, 9.17) is 14.2 Å². The number of thiophene rings is 1. The lowest BCUT2D eigenvalue weighted by Crippen LogP contribution is -2.14. The molecule has 1 heterocycles. The summed E-state index contributed by atoms with van der Waals surface area (Å²) in [5.74, 6) is 0.649. The van der Waals surface area contributed by atoms with E-state index in [0.717, 1.165) is 10.4 Å². The van der Waals surface area contributed by atoms with Crippen molar-refractivity contribution in [3.63, 3.8) is 0 Å². The van der Waals surface area contributed by atoms with Gasteiger partial charge in [0.15, 0.2) is 11.5 Å². The van der Waals surface area contributed by atoms with Crippen molar-refractivity contribution in [2.45, 2.75) is 19.8 Å². The van der Waals surface area contributed by atoms with Crippen LogP contribution in [0.4, 0.5) is 5.00 Å². The SMILES string of the molecule is COC(=O)c1cc(C)sc1NC(=O)CCc1ccc(OC)c(OC)c1. The first kappa shape index (κ1) is 18.8. The number of esters is 1. The van der Waals surface area contributed by atoms with Crippen LogP contribution in [0.15, 0.2) is 24.3 Å². The topological polar surface area (TPSA) is 73.9 Å². The van der Waals surface area contributed by atoms with Crippen molar-refractivity contribution in [2.75, 3.05) is 26.6 Å². The summed E-state index contributed by atoms with van der Waals surface area (Å²) >= 11 is 1.35. The number of ether oxygens (including phenoxy) is 3. The Kier molecular flexibility index (Phi) is 6.41. The number of amides is 1. The van der Waals surface area contributed by atoms with Gasteiger partial charge in [-0.2, -0.15) is 0 Å². The van der Waals surface area contributed by atoms with E-state index in [1.165, 1.54) is 18.4 Å².